The first kappa shape index (κ1) is 34.1. The van der Waals surface area contributed by atoms with Gasteiger partial charge in [-0.1, -0.05) is 142 Å². The second-order valence-corrected chi connectivity index (χ2v) is 12.2. The molecule has 0 aromatic heterocycles. The van der Waals surface area contributed by atoms with E-state index in [9.17, 15) is 9.59 Å². The quantitative estimate of drug-likeness (QED) is 0.0792. The van der Waals surface area contributed by atoms with Crippen molar-refractivity contribution >= 4 is 11.9 Å². The molecule has 2 rings (SSSR count). The molecule has 0 aromatic carbocycles. The molecule has 2 fully saturated rings. The van der Waals surface area contributed by atoms with Gasteiger partial charge in [0.25, 0.3) is 0 Å². The standard InChI is InChI=1S/C34H62O5/c1-3-5-7-9-11-13-15-17-19-21-23-27-37-33(35)31-29-25-26-30(39-29)32(31)34(36)38-28-24-22-20-18-16-14-12-10-8-6-4-2/h29-32H,3-28H2,1-2H3. The third-order valence-electron chi connectivity index (χ3n) is 8.80. The van der Waals surface area contributed by atoms with Gasteiger partial charge in [0.15, 0.2) is 0 Å². The van der Waals surface area contributed by atoms with Crippen molar-refractivity contribution in [3.8, 4) is 0 Å². The number of carbonyl (C=O) groups is 2. The van der Waals surface area contributed by atoms with Gasteiger partial charge >= 0.3 is 11.9 Å². The van der Waals surface area contributed by atoms with E-state index in [1.165, 1.54) is 116 Å². The van der Waals surface area contributed by atoms with Gasteiger partial charge in [0.05, 0.1) is 37.3 Å². The summed E-state index contributed by atoms with van der Waals surface area (Å²) >= 11 is 0. The van der Waals surface area contributed by atoms with Crippen LogP contribution >= 0.6 is 0 Å². The van der Waals surface area contributed by atoms with Crippen LogP contribution in [0.5, 0.6) is 0 Å². The first-order valence-corrected chi connectivity index (χ1v) is 17.2. The van der Waals surface area contributed by atoms with E-state index in [1.807, 2.05) is 0 Å². The highest BCUT2D eigenvalue weighted by atomic mass is 16.6. The third-order valence-corrected chi connectivity index (χ3v) is 8.80. The van der Waals surface area contributed by atoms with E-state index in [0.717, 1.165) is 38.5 Å². The number of esters is 2. The lowest BCUT2D eigenvalue weighted by Crippen LogP contribution is -2.40. The summed E-state index contributed by atoms with van der Waals surface area (Å²) in [5.74, 6) is -1.49. The van der Waals surface area contributed by atoms with Crippen molar-refractivity contribution in [2.75, 3.05) is 13.2 Å². The fraction of sp³-hybridized carbons (Fsp3) is 0.941. The molecule has 0 aromatic rings. The monoisotopic (exact) mass is 550 g/mol. The van der Waals surface area contributed by atoms with Crippen LogP contribution in [0.25, 0.3) is 0 Å². The second kappa shape index (κ2) is 22.6. The molecular weight excluding hydrogens is 488 g/mol. The van der Waals surface area contributed by atoms with E-state index >= 15 is 0 Å². The summed E-state index contributed by atoms with van der Waals surface area (Å²) in [6, 6.07) is 0. The highest BCUT2D eigenvalue weighted by molar-refractivity contribution is 5.84. The Kier molecular flexibility index (Phi) is 19.7. The van der Waals surface area contributed by atoms with E-state index in [-0.39, 0.29) is 24.1 Å². The van der Waals surface area contributed by atoms with E-state index in [4.69, 9.17) is 14.2 Å². The van der Waals surface area contributed by atoms with E-state index < -0.39 is 11.8 Å². The van der Waals surface area contributed by atoms with Gasteiger partial charge in [-0.15, -0.1) is 0 Å². The number of unbranched alkanes of at least 4 members (excludes halogenated alkanes) is 20. The minimum Gasteiger partial charge on any atom is -0.465 e. The average molecular weight is 551 g/mol. The zero-order valence-corrected chi connectivity index (χ0v) is 25.7. The number of hydrogen-bond acceptors (Lipinski definition) is 5. The topological polar surface area (TPSA) is 61.8 Å². The molecule has 2 aliphatic heterocycles. The molecule has 0 saturated carbocycles. The zero-order chi connectivity index (χ0) is 28.0. The maximum atomic E-state index is 12.9. The average Bonchev–Trinajstić information content (AvgIpc) is 3.56. The maximum absolute atomic E-state index is 12.9. The van der Waals surface area contributed by atoms with Crippen molar-refractivity contribution in [1.82, 2.24) is 0 Å². The second-order valence-electron chi connectivity index (χ2n) is 12.2. The number of ether oxygens (including phenoxy) is 3. The maximum Gasteiger partial charge on any atom is 0.312 e. The minimum absolute atomic E-state index is 0.181. The Balaban J connectivity index is 1.50. The van der Waals surface area contributed by atoms with Crippen molar-refractivity contribution < 1.29 is 23.8 Å². The van der Waals surface area contributed by atoms with Crippen LogP contribution in [0.4, 0.5) is 0 Å². The molecule has 5 heteroatoms. The summed E-state index contributed by atoms with van der Waals surface area (Å²) in [4.78, 5) is 25.8. The number of fused-ring (bicyclic) bond motifs is 2. The predicted octanol–water partition coefficient (Wildman–Crippen LogP) is 9.49. The van der Waals surface area contributed by atoms with Crippen molar-refractivity contribution in [3.05, 3.63) is 0 Å². The van der Waals surface area contributed by atoms with E-state index in [0.29, 0.717) is 13.2 Å². The van der Waals surface area contributed by atoms with Crippen LogP contribution in [0.15, 0.2) is 0 Å². The summed E-state index contributed by atoms with van der Waals surface area (Å²) in [5, 5.41) is 0. The fourth-order valence-electron chi connectivity index (χ4n) is 6.35. The Hall–Kier alpha value is -1.10. The first-order valence-electron chi connectivity index (χ1n) is 17.2. The Morgan fingerprint density at radius 1 is 0.487 bits per heavy atom. The summed E-state index contributed by atoms with van der Waals surface area (Å²) < 4.78 is 17.2. The van der Waals surface area contributed by atoms with Crippen LogP contribution in [-0.2, 0) is 23.8 Å². The summed E-state index contributed by atoms with van der Waals surface area (Å²) in [5.41, 5.74) is 0. The summed E-state index contributed by atoms with van der Waals surface area (Å²) in [6.07, 6.45) is 29.2. The number of hydrogen-bond donors (Lipinski definition) is 0. The zero-order valence-electron chi connectivity index (χ0n) is 25.7. The van der Waals surface area contributed by atoms with Crippen molar-refractivity contribution in [2.45, 2.75) is 180 Å². The van der Waals surface area contributed by atoms with E-state index in [1.54, 1.807) is 0 Å². The molecule has 0 amide bonds. The lowest BCUT2D eigenvalue weighted by molar-refractivity contribution is -0.161. The number of carbonyl (C=O) groups excluding carboxylic acids is 2. The Bertz CT molecular complexity index is 569. The van der Waals surface area contributed by atoms with Crippen molar-refractivity contribution in [3.63, 3.8) is 0 Å². The highest BCUT2D eigenvalue weighted by Crippen LogP contribution is 2.44. The fourth-order valence-corrected chi connectivity index (χ4v) is 6.35. The van der Waals surface area contributed by atoms with Gasteiger partial charge < -0.3 is 14.2 Å². The molecule has 0 aliphatic carbocycles. The molecule has 2 heterocycles. The van der Waals surface area contributed by atoms with Crippen LogP contribution in [0.2, 0.25) is 0 Å². The van der Waals surface area contributed by atoms with Crippen molar-refractivity contribution in [2.24, 2.45) is 11.8 Å². The Morgan fingerprint density at radius 3 is 1.08 bits per heavy atom. The molecule has 2 aliphatic rings. The summed E-state index contributed by atoms with van der Waals surface area (Å²) in [7, 11) is 0. The smallest absolute Gasteiger partial charge is 0.312 e. The lowest BCUT2D eigenvalue weighted by Gasteiger charge is -2.25. The summed E-state index contributed by atoms with van der Waals surface area (Å²) in [6.45, 7) is 5.42. The van der Waals surface area contributed by atoms with Gasteiger partial charge in [0, 0.05) is 0 Å². The lowest BCUT2D eigenvalue weighted by atomic mass is 9.79. The van der Waals surface area contributed by atoms with Gasteiger partial charge in [0.2, 0.25) is 0 Å². The van der Waals surface area contributed by atoms with E-state index in [2.05, 4.69) is 13.8 Å². The highest BCUT2D eigenvalue weighted by Gasteiger charge is 2.56. The first-order chi connectivity index (χ1) is 19.2. The van der Waals surface area contributed by atoms with Gasteiger partial charge in [-0.05, 0) is 25.7 Å². The van der Waals surface area contributed by atoms with Crippen LogP contribution < -0.4 is 0 Å². The molecule has 4 unspecified atom stereocenters. The molecule has 5 nitrogen and oxygen atoms in total. The predicted molar refractivity (Wildman–Crippen MR) is 160 cm³/mol. The molecule has 228 valence electrons. The molecule has 39 heavy (non-hydrogen) atoms. The van der Waals surface area contributed by atoms with Gasteiger partial charge in [-0.2, -0.15) is 0 Å². The SMILES string of the molecule is CCCCCCCCCCCCCOC(=O)C1C2CCC(O2)C1C(=O)OCCCCCCCCCCCCC. The molecule has 0 N–H and O–H groups in total. The van der Waals surface area contributed by atoms with Crippen LogP contribution in [0.3, 0.4) is 0 Å². The largest absolute Gasteiger partial charge is 0.465 e. The van der Waals surface area contributed by atoms with Gasteiger partial charge in [-0.25, -0.2) is 0 Å². The van der Waals surface area contributed by atoms with Crippen molar-refractivity contribution in [1.29, 1.82) is 0 Å². The van der Waals surface area contributed by atoms with Crippen LogP contribution in [-0.4, -0.2) is 37.4 Å². The molecular formula is C34H62O5. The molecule has 4 atom stereocenters. The molecule has 0 radical (unpaired) electrons. The molecule has 0 spiro atoms. The van der Waals surface area contributed by atoms with Crippen LogP contribution in [0, 0.1) is 11.8 Å². The Morgan fingerprint density at radius 2 is 0.769 bits per heavy atom. The third kappa shape index (κ3) is 14.4. The van der Waals surface area contributed by atoms with Gasteiger partial charge in [0.1, 0.15) is 0 Å². The number of rotatable bonds is 26. The van der Waals surface area contributed by atoms with Crippen LogP contribution in [0.1, 0.15) is 168 Å². The molecule has 2 saturated heterocycles. The Labute approximate surface area is 240 Å². The molecule has 2 bridgehead atoms. The minimum atomic E-state index is -0.485. The normalized spacial score (nSPS) is 21.9. The van der Waals surface area contributed by atoms with Gasteiger partial charge in [-0.3, -0.25) is 9.59 Å².